The minimum Gasteiger partial charge on any atom is -0.351 e. The second-order valence-electron chi connectivity index (χ2n) is 4.31. The molecular weight excluding hydrogens is 278 g/mol. The molecule has 1 heterocycles. The third-order valence-electron chi connectivity index (χ3n) is 2.89. The molecule has 20 heavy (non-hydrogen) atoms. The third kappa shape index (κ3) is 3.82. The molecule has 0 aliphatic heterocycles. The highest BCUT2D eigenvalue weighted by atomic mass is 35.5. The van der Waals surface area contributed by atoms with E-state index in [0.717, 1.165) is 18.4 Å². The maximum absolute atomic E-state index is 11.9. The summed E-state index contributed by atoms with van der Waals surface area (Å²) in [4.78, 5) is 26.3. The number of carbonyl (C=O) groups is 1. The van der Waals surface area contributed by atoms with Crippen molar-refractivity contribution in [2.45, 2.75) is 6.42 Å². The van der Waals surface area contributed by atoms with Crippen molar-refractivity contribution in [1.82, 2.24) is 15.6 Å². The number of fused-ring (bicyclic) bond motifs is 1. The van der Waals surface area contributed by atoms with Gasteiger partial charge in [-0.15, -0.1) is 12.4 Å². The Morgan fingerprint density at radius 1 is 1.25 bits per heavy atom. The molecule has 0 fully saturated rings. The van der Waals surface area contributed by atoms with Crippen LogP contribution in [0.15, 0.2) is 35.1 Å². The van der Waals surface area contributed by atoms with Gasteiger partial charge in [-0.3, -0.25) is 9.59 Å². The normalized spacial score (nSPS) is 10.1. The topological polar surface area (TPSA) is 74.0 Å². The van der Waals surface area contributed by atoms with Crippen molar-refractivity contribution in [3.63, 3.8) is 0 Å². The lowest BCUT2D eigenvalue weighted by Crippen LogP contribution is -2.28. The highest BCUT2D eigenvalue weighted by molar-refractivity contribution is 5.96. The first kappa shape index (κ1) is 16.2. The van der Waals surface area contributed by atoms with E-state index in [-0.39, 0.29) is 23.9 Å². The summed E-state index contributed by atoms with van der Waals surface area (Å²) in [5.41, 5.74) is 0.0617. The number of aromatic amines is 1. The number of aromatic nitrogens is 1. The Kier molecular flexibility index (Phi) is 6.21. The molecule has 0 saturated carbocycles. The second kappa shape index (κ2) is 7.67. The SMILES string of the molecule is CNCCCNC(=O)c1cc2ccccc2c(=O)[nH]1.Cl. The Morgan fingerprint density at radius 3 is 2.75 bits per heavy atom. The second-order valence-corrected chi connectivity index (χ2v) is 4.31. The van der Waals surface area contributed by atoms with Crippen LogP contribution in [0.1, 0.15) is 16.9 Å². The molecule has 3 N–H and O–H groups in total. The Hall–Kier alpha value is -1.85. The van der Waals surface area contributed by atoms with Gasteiger partial charge in [0.2, 0.25) is 0 Å². The molecule has 2 rings (SSSR count). The van der Waals surface area contributed by atoms with E-state index < -0.39 is 0 Å². The summed E-state index contributed by atoms with van der Waals surface area (Å²) in [5, 5.41) is 7.14. The average molecular weight is 296 g/mol. The van der Waals surface area contributed by atoms with Crippen LogP contribution < -0.4 is 16.2 Å². The van der Waals surface area contributed by atoms with Crippen LogP contribution in [0.3, 0.4) is 0 Å². The number of H-pyrrole nitrogens is 1. The lowest BCUT2D eigenvalue weighted by molar-refractivity contribution is 0.0948. The number of rotatable bonds is 5. The molecule has 0 saturated heterocycles. The van der Waals surface area contributed by atoms with Gasteiger partial charge in [-0.05, 0) is 37.5 Å². The average Bonchev–Trinajstić information content (AvgIpc) is 2.43. The molecule has 0 radical (unpaired) electrons. The van der Waals surface area contributed by atoms with Crippen LogP contribution in [0.5, 0.6) is 0 Å². The molecule has 108 valence electrons. The van der Waals surface area contributed by atoms with Crippen LogP contribution in [0.4, 0.5) is 0 Å². The predicted octanol–water partition coefficient (Wildman–Crippen LogP) is 1.29. The molecule has 0 aliphatic rings. The smallest absolute Gasteiger partial charge is 0.267 e. The number of halogens is 1. The van der Waals surface area contributed by atoms with E-state index in [1.165, 1.54) is 0 Å². The number of hydrogen-bond acceptors (Lipinski definition) is 3. The van der Waals surface area contributed by atoms with Crippen molar-refractivity contribution in [2.75, 3.05) is 20.1 Å². The molecular formula is C14H18ClN3O2. The summed E-state index contributed by atoms with van der Waals surface area (Å²) >= 11 is 0. The van der Waals surface area contributed by atoms with E-state index >= 15 is 0 Å². The summed E-state index contributed by atoms with van der Waals surface area (Å²) in [6.45, 7) is 1.42. The minimum absolute atomic E-state index is 0. The molecule has 0 unspecified atom stereocenters. The highest BCUT2D eigenvalue weighted by Crippen LogP contribution is 2.09. The van der Waals surface area contributed by atoms with Gasteiger partial charge in [-0.2, -0.15) is 0 Å². The lowest BCUT2D eigenvalue weighted by Gasteiger charge is -2.06. The summed E-state index contributed by atoms with van der Waals surface area (Å²) in [5.74, 6) is -0.251. The first-order chi connectivity index (χ1) is 9.22. The van der Waals surface area contributed by atoms with Crippen LogP contribution in [-0.4, -0.2) is 31.0 Å². The Morgan fingerprint density at radius 2 is 2.00 bits per heavy atom. The lowest BCUT2D eigenvalue weighted by atomic mass is 10.1. The van der Waals surface area contributed by atoms with E-state index in [1.807, 2.05) is 19.2 Å². The van der Waals surface area contributed by atoms with E-state index in [2.05, 4.69) is 15.6 Å². The monoisotopic (exact) mass is 295 g/mol. The maximum atomic E-state index is 11.9. The van der Waals surface area contributed by atoms with Crippen molar-refractivity contribution in [3.8, 4) is 0 Å². The zero-order valence-corrected chi connectivity index (χ0v) is 12.0. The largest absolute Gasteiger partial charge is 0.351 e. The van der Waals surface area contributed by atoms with Crippen molar-refractivity contribution in [1.29, 1.82) is 0 Å². The van der Waals surface area contributed by atoms with Crippen molar-refractivity contribution >= 4 is 29.1 Å². The van der Waals surface area contributed by atoms with Gasteiger partial charge in [0.15, 0.2) is 0 Å². The summed E-state index contributed by atoms with van der Waals surface area (Å²) in [6, 6.07) is 8.90. The van der Waals surface area contributed by atoms with Crippen LogP contribution in [0.25, 0.3) is 10.8 Å². The number of pyridine rings is 1. The standard InChI is InChI=1S/C14H17N3O2.ClH/c1-15-7-4-8-16-14(19)12-9-10-5-2-3-6-11(10)13(18)17-12;/h2-3,5-6,9,15H,4,7-8H2,1H3,(H,16,19)(H,17,18);1H. The van der Waals surface area contributed by atoms with Gasteiger partial charge in [0.1, 0.15) is 5.69 Å². The number of nitrogens with one attached hydrogen (secondary N) is 3. The fraction of sp³-hybridized carbons (Fsp3) is 0.286. The van der Waals surface area contributed by atoms with Crippen LogP contribution in [-0.2, 0) is 0 Å². The van der Waals surface area contributed by atoms with Crippen molar-refractivity contribution in [3.05, 3.63) is 46.4 Å². The van der Waals surface area contributed by atoms with Gasteiger partial charge >= 0.3 is 0 Å². The zero-order valence-electron chi connectivity index (χ0n) is 11.2. The molecule has 1 aromatic heterocycles. The fourth-order valence-electron chi connectivity index (χ4n) is 1.90. The molecule has 0 atom stereocenters. The fourth-order valence-corrected chi connectivity index (χ4v) is 1.90. The molecule has 5 nitrogen and oxygen atoms in total. The number of amides is 1. The highest BCUT2D eigenvalue weighted by Gasteiger charge is 2.08. The van der Waals surface area contributed by atoms with Gasteiger partial charge in [0.05, 0.1) is 0 Å². The molecule has 2 aromatic rings. The van der Waals surface area contributed by atoms with E-state index in [9.17, 15) is 9.59 Å². The molecule has 0 aliphatic carbocycles. The molecule has 1 amide bonds. The third-order valence-corrected chi connectivity index (χ3v) is 2.89. The van der Waals surface area contributed by atoms with Gasteiger partial charge in [-0.1, -0.05) is 18.2 Å². The number of carbonyl (C=O) groups excluding carboxylic acids is 1. The van der Waals surface area contributed by atoms with Gasteiger partial charge < -0.3 is 15.6 Å². The first-order valence-corrected chi connectivity index (χ1v) is 6.27. The van der Waals surface area contributed by atoms with E-state index in [1.54, 1.807) is 18.2 Å². The van der Waals surface area contributed by atoms with Crippen LogP contribution >= 0.6 is 12.4 Å². The number of benzene rings is 1. The predicted molar refractivity (Wildman–Crippen MR) is 82.7 cm³/mol. The Balaban J connectivity index is 0.00000200. The summed E-state index contributed by atoms with van der Waals surface area (Å²) < 4.78 is 0. The first-order valence-electron chi connectivity index (χ1n) is 6.27. The van der Waals surface area contributed by atoms with Crippen molar-refractivity contribution < 1.29 is 4.79 Å². The minimum atomic E-state index is -0.251. The van der Waals surface area contributed by atoms with Gasteiger partial charge in [-0.25, -0.2) is 0 Å². The Labute approximate surface area is 123 Å². The van der Waals surface area contributed by atoms with Crippen LogP contribution in [0.2, 0.25) is 0 Å². The molecule has 1 aromatic carbocycles. The molecule has 6 heteroatoms. The van der Waals surface area contributed by atoms with Gasteiger partial charge in [0, 0.05) is 11.9 Å². The molecule has 0 spiro atoms. The quantitative estimate of drug-likeness (QED) is 0.728. The summed E-state index contributed by atoms with van der Waals surface area (Å²) in [6.07, 6.45) is 0.847. The zero-order chi connectivity index (χ0) is 13.7. The molecule has 0 bridgehead atoms. The van der Waals surface area contributed by atoms with Gasteiger partial charge in [0.25, 0.3) is 11.5 Å². The Bertz CT molecular complexity index is 640. The van der Waals surface area contributed by atoms with Crippen molar-refractivity contribution in [2.24, 2.45) is 0 Å². The van der Waals surface area contributed by atoms with Crippen LogP contribution in [0, 0.1) is 0 Å². The van der Waals surface area contributed by atoms with E-state index in [0.29, 0.717) is 17.6 Å². The number of hydrogen-bond donors (Lipinski definition) is 3. The maximum Gasteiger partial charge on any atom is 0.267 e. The van der Waals surface area contributed by atoms with E-state index in [4.69, 9.17) is 0 Å². The summed E-state index contributed by atoms with van der Waals surface area (Å²) in [7, 11) is 1.86.